The second-order valence-electron chi connectivity index (χ2n) is 7.20. The van der Waals surface area contributed by atoms with Gasteiger partial charge in [-0.25, -0.2) is 4.79 Å². The third-order valence-electron chi connectivity index (χ3n) is 5.02. The quantitative estimate of drug-likeness (QED) is 0.243. The molecule has 2 rings (SSSR count). The minimum Gasteiger partial charge on any atom is -0.496 e. The number of aliphatic carboxylic acids is 1. The highest BCUT2D eigenvalue weighted by Crippen LogP contribution is 2.43. The number of unbranched alkanes of at least 4 members (excludes halogenated alkanes) is 1. The molecule has 0 unspecified atom stereocenters. The SMILES string of the molecule is COc1c(C)c2c(c(OC(=O)CCCCO)c1C/C=C(\C)CCC(=O)O)C(=O)OC2. The molecule has 0 aromatic heterocycles. The maximum Gasteiger partial charge on any atom is 0.342 e. The largest absolute Gasteiger partial charge is 0.496 e. The van der Waals surface area contributed by atoms with Gasteiger partial charge in [0.05, 0.1) is 7.11 Å². The van der Waals surface area contributed by atoms with Crippen LogP contribution in [0.2, 0.25) is 0 Å². The molecule has 1 heterocycles. The van der Waals surface area contributed by atoms with Gasteiger partial charge in [-0.2, -0.15) is 0 Å². The fraction of sp³-hybridized carbons (Fsp3) is 0.500. The minimum atomic E-state index is -0.881. The first-order valence-electron chi connectivity index (χ1n) is 9.88. The fourth-order valence-electron chi connectivity index (χ4n) is 3.35. The summed E-state index contributed by atoms with van der Waals surface area (Å²) in [6, 6.07) is 0. The van der Waals surface area contributed by atoms with E-state index >= 15 is 0 Å². The predicted octanol–water partition coefficient (Wildman–Crippen LogP) is 3.10. The molecule has 1 aromatic rings. The van der Waals surface area contributed by atoms with Crippen LogP contribution in [0.4, 0.5) is 0 Å². The molecule has 1 aliphatic rings. The van der Waals surface area contributed by atoms with E-state index < -0.39 is 17.9 Å². The van der Waals surface area contributed by atoms with Gasteiger partial charge in [-0.15, -0.1) is 0 Å². The van der Waals surface area contributed by atoms with Gasteiger partial charge in [-0.1, -0.05) is 11.6 Å². The van der Waals surface area contributed by atoms with Gasteiger partial charge < -0.3 is 24.4 Å². The summed E-state index contributed by atoms with van der Waals surface area (Å²) < 4.78 is 16.4. The van der Waals surface area contributed by atoms with Crippen LogP contribution in [0.25, 0.3) is 0 Å². The molecular weight excluding hydrogens is 392 g/mol. The van der Waals surface area contributed by atoms with E-state index in [1.54, 1.807) is 0 Å². The van der Waals surface area contributed by atoms with Crippen molar-refractivity contribution in [2.45, 2.75) is 59.0 Å². The summed E-state index contributed by atoms with van der Waals surface area (Å²) in [5.74, 6) is -1.31. The molecule has 0 saturated carbocycles. The number of carboxylic acid groups (broad SMARTS) is 1. The molecule has 0 amide bonds. The normalized spacial score (nSPS) is 13.1. The molecule has 30 heavy (non-hydrogen) atoms. The molecule has 164 valence electrons. The van der Waals surface area contributed by atoms with Crippen molar-refractivity contribution in [1.82, 2.24) is 0 Å². The lowest BCUT2D eigenvalue weighted by atomic mass is 9.94. The molecule has 0 radical (unpaired) electrons. The van der Waals surface area contributed by atoms with Gasteiger partial charge in [0.25, 0.3) is 0 Å². The molecule has 0 bridgehead atoms. The molecule has 0 saturated heterocycles. The average Bonchev–Trinajstić information content (AvgIpc) is 3.09. The number of carboxylic acids is 1. The van der Waals surface area contributed by atoms with Gasteiger partial charge in [0.2, 0.25) is 0 Å². The molecular formula is C22H28O8. The first-order valence-corrected chi connectivity index (χ1v) is 9.88. The third-order valence-corrected chi connectivity index (χ3v) is 5.02. The molecule has 0 fully saturated rings. The first kappa shape index (κ1) is 23.4. The number of rotatable bonds is 11. The van der Waals surface area contributed by atoms with Crippen LogP contribution in [0.3, 0.4) is 0 Å². The zero-order valence-corrected chi connectivity index (χ0v) is 17.6. The maximum atomic E-state index is 12.4. The van der Waals surface area contributed by atoms with Crippen LogP contribution < -0.4 is 9.47 Å². The van der Waals surface area contributed by atoms with Crippen molar-refractivity contribution in [2.24, 2.45) is 0 Å². The van der Waals surface area contributed by atoms with E-state index in [0.29, 0.717) is 42.6 Å². The van der Waals surface area contributed by atoms with E-state index in [4.69, 9.17) is 24.4 Å². The van der Waals surface area contributed by atoms with Gasteiger partial charge in [-0.05, 0) is 45.1 Å². The Morgan fingerprint density at radius 1 is 1.17 bits per heavy atom. The Kier molecular flexibility index (Phi) is 8.41. The summed E-state index contributed by atoms with van der Waals surface area (Å²) in [4.78, 5) is 35.5. The van der Waals surface area contributed by atoms with Crippen LogP contribution in [0.5, 0.6) is 11.5 Å². The van der Waals surface area contributed by atoms with E-state index in [1.807, 2.05) is 19.9 Å². The molecule has 2 N–H and O–H groups in total. The zero-order chi connectivity index (χ0) is 22.3. The number of methoxy groups -OCH3 is 1. The number of ether oxygens (including phenoxy) is 3. The Balaban J connectivity index is 2.44. The smallest absolute Gasteiger partial charge is 0.342 e. The van der Waals surface area contributed by atoms with E-state index in [9.17, 15) is 14.4 Å². The highest BCUT2D eigenvalue weighted by atomic mass is 16.6. The molecule has 0 aliphatic carbocycles. The highest BCUT2D eigenvalue weighted by Gasteiger charge is 2.34. The van der Waals surface area contributed by atoms with Gasteiger partial charge in [-0.3, -0.25) is 9.59 Å². The number of benzene rings is 1. The minimum absolute atomic E-state index is 0.0149. The lowest BCUT2D eigenvalue weighted by molar-refractivity contribution is -0.137. The van der Waals surface area contributed by atoms with Crippen LogP contribution >= 0.6 is 0 Å². The van der Waals surface area contributed by atoms with Crippen molar-refractivity contribution >= 4 is 17.9 Å². The highest BCUT2D eigenvalue weighted by molar-refractivity contribution is 5.99. The summed E-state index contributed by atoms with van der Waals surface area (Å²) in [5, 5.41) is 17.8. The van der Waals surface area contributed by atoms with Gasteiger partial charge in [0.1, 0.15) is 17.9 Å². The lowest BCUT2D eigenvalue weighted by Gasteiger charge is -2.18. The number of hydrogen-bond acceptors (Lipinski definition) is 7. The fourth-order valence-corrected chi connectivity index (χ4v) is 3.35. The second-order valence-corrected chi connectivity index (χ2v) is 7.20. The molecule has 0 atom stereocenters. The van der Waals surface area contributed by atoms with Crippen molar-refractivity contribution in [2.75, 3.05) is 13.7 Å². The Hall–Kier alpha value is -2.87. The topological polar surface area (TPSA) is 119 Å². The number of aliphatic hydroxyl groups is 1. The average molecular weight is 420 g/mol. The lowest BCUT2D eigenvalue weighted by Crippen LogP contribution is -2.14. The van der Waals surface area contributed by atoms with Gasteiger partial charge in [0.15, 0.2) is 5.75 Å². The summed E-state index contributed by atoms with van der Waals surface area (Å²) >= 11 is 0. The molecule has 1 aromatic carbocycles. The number of hydrogen-bond donors (Lipinski definition) is 2. The monoisotopic (exact) mass is 420 g/mol. The number of cyclic esters (lactones) is 1. The number of aliphatic hydroxyl groups excluding tert-OH is 1. The molecule has 1 aliphatic heterocycles. The maximum absolute atomic E-state index is 12.4. The van der Waals surface area contributed by atoms with Crippen LogP contribution in [0.1, 0.15) is 66.1 Å². The van der Waals surface area contributed by atoms with Crippen molar-refractivity contribution in [1.29, 1.82) is 0 Å². The third kappa shape index (κ3) is 5.60. The van der Waals surface area contributed by atoms with Crippen molar-refractivity contribution in [3.8, 4) is 11.5 Å². The van der Waals surface area contributed by atoms with E-state index in [2.05, 4.69) is 0 Å². The Morgan fingerprint density at radius 2 is 1.90 bits per heavy atom. The van der Waals surface area contributed by atoms with Crippen LogP contribution in [0, 0.1) is 6.92 Å². The number of carbonyl (C=O) groups is 3. The second kappa shape index (κ2) is 10.8. The summed E-state index contributed by atoms with van der Waals surface area (Å²) in [7, 11) is 1.50. The Morgan fingerprint density at radius 3 is 2.53 bits per heavy atom. The molecule has 8 heteroatoms. The van der Waals surface area contributed by atoms with Crippen molar-refractivity contribution in [3.63, 3.8) is 0 Å². The van der Waals surface area contributed by atoms with Gasteiger partial charge >= 0.3 is 17.9 Å². The standard InChI is InChI=1S/C22H28O8/c1-13(8-10-17(24)25)7-9-15-20(28-3)14(2)16-12-29-22(27)19(16)21(15)30-18(26)6-4-5-11-23/h7,23H,4-6,8-12H2,1-3H3,(H,24,25)/b13-7+. The number of allylic oxidation sites excluding steroid dienone is 2. The predicted molar refractivity (Wildman–Crippen MR) is 108 cm³/mol. The number of fused-ring (bicyclic) bond motifs is 1. The summed E-state index contributed by atoms with van der Waals surface area (Å²) in [6.45, 7) is 3.71. The first-order chi connectivity index (χ1) is 14.3. The van der Waals surface area contributed by atoms with Crippen LogP contribution in [0.15, 0.2) is 11.6 Å². The van der Waals surface area contributed by atoms with Crippen molar-refractivity contribution in [3.05, 3.63) is 33.9 Å². The van der Waals surface area contributed by atoms with E-state index in [0.717, 1.165) is 11.1 Å². The van der Waals surface area contributed by atoms with Crippen LogP contribution in [-0.2, 0) is 27.4 Å². The number of carbonyl (C=O) groups excluding carboxylic acids is 2. The van der Waals surface area contributed by atoms with Crippen LogP contribution in [-0.4, -0.2) is 41.8 Å². The Labute approximate surface area is 175 Å². The molecule has 0 spiro atoms. The molecule has 8 nitrogen and oxygen atoms in total. The summed E-state index contributed by atoms with van der Waals surface area (Å²) in [5.41, 5.74) is 3.00. The summed E-state index contributed by atoms with van der Waals surface area (Å²) in [6.07, 6.45) is 3.60. The van der Waals surface area contributed by atoms with Crippen molar-refractivity contribution < 1.29 is 38.8 Å². The van der Waals surface area contributed by atoms with Gasteiger partial charge in [0, 0.05) is 30.6 Å². The number of esters is 2. The zero-order valence-electron chi connectivity index (χ0n) is 17.6. The van der Waals surface area contributed by atoms with E-state index in [1.165, 1.54) is 7.11 Å². The Bertz CT molecular complexity index is 853. The van der Waals surface area contributed by atoms with E-state index in [-0.39, 0.29) is 37.4 Å².